The average molecular weight is 504 g/mol. The minimum Gasteiger partial charge on any atom is -0.465 e. The Kier molecular flexibility index (Phi) is 8.02. The number of benzene rings is 2. The summed E-state index contributed by atoms with van der Waals surface area (Å²) in [4.78, 5) is 0. The molecule has 2 aromatic carbocycles. The van der Waals surface area contributed by atoms with Crippen molar-refractivity contribution in [1.29, 1.82) is 0 Å². The van der Waals surface area contributed by atoms with Crippen molar-refractivity contribution < 1.29 is 9.15 Å². The molecule has 38 heavy (non-hydrogen) atoms. The SMILES string of the molecule is CC(/C=C/C=C/c1cc(-c2ccccc2)[o+]c(-c2ccccc2)c1)=C1C=C(C(C)(C)C)OC(C(C)(C)C)=C1. The van der Waals surface area contributed by atoms with E-state index < -0.39 is 0 Å². The monoisotopic (exact) mass is 503 g/mol. The highest BCUT2D eigenvalue weighted by atomic mass is 16.5. The Bertz CT molecular complexity index is 1330. The van der Waals surface area contributed by atoms with Gasteiger partial charge >= 0.3 is 11.5 Å². The van der Waals surface area contributed by atoms with Crippen LogP contribution in [0.15, 0.2) is 130 Å². The van der Waals surface area contributed by atoms with Gasteiger partial charge in [-0.25, -0.2) is 4.42 Å². The molecule has 0 aliphatic carbocycles. The van der Waals surface area contributed by atoms with E-state index in [1.165, 1.54) is 11.1 Å². The molecule has 0 saturated heterocycles. The lowest BCUT2D eigenvalue weighted by molar-refractivity contribution is 0.161. The van der Waals surface area contributed by atoms with Gasteiger partial charge in [0.05, 0.1) is 23.3 Å². The van der Waals surface area contributed by atoms with Gasteiger partial charge in [-0.3, -0.25) is 0 Å². The van der Waals surface area contributed by atoms with Crippen molar-refractivity contribution in [2.45, 2.75) is 48.5 Å². The summed E-state index contributed by atoms with van der Waals surface area (Å²) >= 11 is 0. The molecule has 0 bridgehead atoms. The Morgan fingerprint density at radius 3 is 1.61 bits per heavy atom. The van der Waals surface area contributed by atoms with Crippen molar-refractivity contribution in [2.24, 2.45) is 10.8 Å². The number of allylic oxidation sites excluding steroid dienone is 9. The molecule has 2 heterocycles. The summed E-state index contributed by atoms with van der Waals surface area (Å²) in [6.45, 7) is 15.3. The van der Waals surface area contributed by atoms with Crippen LogP contribution >= 0.6 is 0 Å². The van der Waals surface area contributed by atoms with Crippen LogP contribution in [0.5, 0.6) is 0 Å². The minimum absolute atomic E-state index is 0.0643. The molecule has 1 aliphatic rings. The highest BCUT2D eigenvalue weighted by molar-refractivity contribution is 5.68. The van der Waals surface area contributed by atoms with Gasteiger partial charge in [0.1, 0.15) is 11.5 Å². The topological polar surface area (TPSA) is 20.5 Å². The molecule has 194 valence electrons. The molecule has 0 fully saturated rings. The smallest absolute Gasteiger partial charge is 0.361 e. The quantitative estimate of drug-likeness (QED) is 0.255. The van der Waals surface area contributed by atoms with E-state index in [1.54, 1.807) is 0 Å². The number of hydrogen-bond acceptors (Lipinski definition) is 1. The molecule has 2 nitrogen and oxygen atoms in total. The van der Waals surface area contributed by atoms with Crippen LogP contribution in [0, 0.1) is 10.8 Å². The van der Waals surface area contributed by atoms with Crippen LogP contribution < -0.4 is 0 Å². The van der Waals surface area contributed by atoms with E-state index >= 15 is 0 Å². The Balaban J connectivity index is 1.65. The van der Waals surface area contributed by atoms with Crippen molar-refractivity contribution in [3.8, 4) is 22.6 Å². The van der Waals surface area contributed by atoms with Gasteiger partial charge in [0.25, 0.3) is 0 Å². The second kappa shape index (κ2) is 11.2. The first-order valence-electron chi connectivity index (χ1n) is 13.3. The zero-order valence-electron chi connectivity index (χ0n) is 23.7. The summed E-state index contributed by atoms with van der Waals surface area (Å²) in [5.41, 5.74) is 5.44. The molecule has 2 heteroatoms. The fraction of sp³-hybridized carbons (Fsp3) is 0.250. The number of hydrogen-bond donors (Lipinski definition) is 0. The second-order valence-corrected chi connectivity index (χ2v) is 11.8. The van der Waals surface area contributed by atoms with Crippen molar-refractivity contribution in [3.05, 3.63) is 131 Å². The number of ether oxygens (including phenoxy) is 1. The van der Waals surface area contributed by atoms with E-state index in [2.05, 4.69) is 121 Å². The summed E-state index contributed by atoms with van der Waals surface area (Å²) in [6, 6.07) is 24.6. The Hall–Kier alpha value is -3.91. The largest absolute Gasteiger partial charge is 0.465 e. The van der Waals surface area contributed by atoms with Gasteiger partial charge < -0.3 is 4.74 Å². The Labute approximate surface area is 228 Å². The maximum absolute atomic E-state index is 6.32. The van der Waals surface area contributed by atoms with Gasteiger partial charge in [-0.05, 0) is 60.1 Å². The van der Waals surface area contributed by atoms with Gasteiger partial charge in [-0.2, -0.15) is 0 Å². The van der Waals surface area contributed by atoms with E-state index in [1.807, 2.05) is 36.4 Å². The van der Waals surface area contributed by atoms with Gasteiger partial charge in [0.15, 0.2) is 0 Å². The lowest BCUT2D eigenvalue weighted by atomic mass is 9.86. The third-order valence-electron chi connectivity index (χ3n) is 6.40. The van der Waals surface area contributed by atoms with Gasteiger partial charge in [-0.1, -0.05) is 102 Å². The summed E-state index contributed by atoms with van der Waals surface area (Å²) < 4.78 is 12.6. The third-order valence-corrected chi connectivity index (χ3v) is 6.40. The first kappa shape index (κ1) is 27.1. The fourth-order valence-corrected chi connectivity index (χ4v) is 4.04. The molecule has 0 saturated carbocycles. The molecule has 1 aromatic heterocycles. The van der Waals surface area contributed by atoms with Gasteiger partial charge in [0, 0.05) is 10.8 Å². The summed E-state index contributed by atoms with van der Waals surface area (Å²) in [7, 11) is 0. The Morgan fingerprint density at radius 1 is 0.684 bits per heavy atom. The van der Waals surface area contributed by atoms with Crippen LogP contribution in [-0.2, 0) is 4.74 Å². The van der Waals surface area contributed by atoms with Crippen LogP contribution in [0.4, 0.5) is 0 Å². The molecule has 0 amide bonds. The zero-order chi connectivity index (χ0) is 27.3. The third kappa shape index (κ3) is 6.89. The lowest BCUT2D eigenvalue weighted by Crippen LogP contribution is -2.21. The van der Waals surface area contributed by atoms with Crippen molar-refractivity contribution >= 4 is 6.08 Å². The normalized spacial score (nSPS) is 14.4. The minimum atomic E-state index is -0.0643. The van der Waals surface area contributed by atoms with Crippen LogP contribution in [0.25, 0.3) is 28.7 Å². The Morgan fingerprint density at radius 2 is 1.16 bits per heavy atom. The maximum Gasteiger partial charge on any atom is 0.361 e. The second-order valence-electron chi connectivity index (χ2n) is 11.8. The molecule has 0 unspecified atom stereocenters. The number of rotatable bonds is 5. The standard InChI is InChI=1S/C36H39O2/c1-26(30-24-33(35(2,3)4)38-34(25-30)36(5,6)7)16-14-15-17-27-22-31(28-18-10-8-11-19-28)37-32(23-27)29-20-12-9-13-21-29/h8-25H,1-7H3/q+1. The van der Waals surface area contributed by atoms with Gasteiger partial charge in [-0.15, -0.1) is 0 Å². The van der Waals surface area contributed by atoms with Crippen molar-refractivity contribution in [1.82, 2.24) is 0 Å². The first-order chi connectivity index (χ1) is 18.0. The summed E-state index contributed by atoms with van der Waals surface area (Å²) in [5.74, 6) is 3.68. The van der Waals surface area contributed by atoms with Crippen LogP contribution in [0.2, 0.25) is 0 Å². The van der Waals surface area contributed by atoms with Crippen LogP contribution in [-0.4, -0.2) is 0 Å². The van der Waals surface area contributed by atoms with Crippen molar-refractivity contribution in [2.75, 3.05) is 0 Å². The molecule has 4 rings (SSSR count). The molecule has 0 atom stereocenters. The van der Waals surface area contributed by atoms with Crippen LogP contribution in [0.3, 0.4) is 0 Å². The van der Waals surface area contributed by atoms with Crippen molar-refractivity contribution in [3.63, 3.8) is 0 Å². The van der Waals surface area contributed by atoms with E-state index in [4.69, 9.17) is 9.15 Å². The molecule has 0 radical (unpaired) electrons. The molecular formula is C36H39O2+. The van der Waals surface area contributed by atoms with E-state index in [0.717, 1.165) is 39.7 Å². The van der Waals surface area contributed by atoms with Crippen LogP contribution in [0.1, 0.15) is 54.0 Å². The van der Waals surface area contributed by atoms with E-state index in [9.17, 15) is 0 Å². The molecular weight excluding hydrogens is 464 g/mol. The summed E-state index contributed by atoms with van der Waals surface area (Å²) in [5, 5.41) is 0. The molecule has 0 spiro atoms. The van der Waals surface area contributed by atoms with E-state index in [0.29, 0.717) is 0 Å². The zero-order valence-corrected chi connectivity index (χ0v) is 23.7. The predicted octanol–water partition coefficient (Wildman–Crippen LogP) is 10.7. The highest BCUT2D eigenvalue weighted by Gasteiger charge is 2.29. The fourth-order valence-electron chi connectivity index (χ4n) is 4.04. The predicted molar refractivity (Wildman–Crippen MR) is 161 cm³/mol. The molecule has 0 N–H and O–H groups in total. The molecule has 1 aliphatic heterocycles. The summed E-state index contributed by atoms with van der Waals surface area (Å²) in [6.07, 6.45) is 12.8. The average Bonchev–Trinajstić information content (AvgIpc) is 2.90. The lowest BCUT2D eigenvalue weighted by Gasteiger charge is -2.33. The van der Waals surface area contributed by atoms with E-state index in [-0.39, 0.29) is 10.8 Å². The highest BCUT2D eigenvalue weighted by Crippen LogP contribution is 2.39. The van der Waals surface area contributed by atoms with Gasteiger partial charge in [0.2, 0.25) is 0 Å². The first-order valence-corrected chi connectivity index (χ1v) is 13.3. The molecule has 3 aromatic rings. The maximum atomic E-state index is 6.32.